The molecule has 1 unspecified atom stereocenters. The standard InChI is InChI=1S/C53H34N4O/c1-31-13-2-5-17-34(31)48-42-26-25-33-15-4-7-19-36(33)49(42)55-53(54-48)57-45-30-29-40-38-21-9-11-24-46(38)58-52(40)47(45)41-28-27-39-37-20-8-10-22-44(37)56(50(39)51(41)57)43-23-12-16-32-14-3-6-18-35(32)43/h2-12,14-31H,13H2,1H3. The van der Waals surface area contributed by atoms with Crippen LogP contribution in [0, 0.1) is 5.92 Å². The van der Waals surface area contributed by atoms with Crippen LogP contribution < -0.4 is 0 Å². The Bertz CT molecular complexity index is 3790. The van der Waals surface area contributed by atoms with Gasteiger partial charge in [0.2, 0.25) is 5.95 Å². The van der Waals surface area contributed by atoms with Crippen molar-refractivity contribution in [2.24, 2.45) is 5.92 Å². The highest BCUT2D eigenvalue weighted by atomic mass is 16.3. The van der Waals surface area contributed by atoms with Crippen LogP contribution >= 0.6 is 0 Å². The third kappa shape index (κ3) is 4.25. The number of aromatic nitrogens is 4. The van der Waals surface area contributed by atoms with Crippen LogP contribution in [0.4, 0.5) is 0 Å². The van der Waals surface area contributed by atoms with Gasteiger partial charge in [0.25, 0.3) is 0 Å². The van der Waals surface area contributed by atoms with E-state index in [0.29, 0.717) is 11.9 Å². The molecule has 0 bridgehead atoms. The number of hydrogen-bond acceptors (Lipinski definition) is 3. The molecule has 0 saturated heterocycles. The van der Waals surface area contributed by atoms with Crippen LogP contribution in [0.1, 0.15) is 19.0 Å². The average molecular weight is 743 g/mol. The van der Waals surface area contributed by atoms with E-state index in [1.165, 1.54) is 27.1 Å². The molecule has 1 aliphatic carbocycles. The first-order chi connectivity index (χ1) is 28.7. The first kappa shape index (κ1) is 31.7. The number of furan rings is 1. The predicted octanol–water partition coefficient (Wildman–Crippen LogP) is 14.0. The molecule has 4 aromatic heterocycles. The maximum absolute atomic E-state index is 6.85. The van der Waals surface area contributed by atoms with Crippen LogP contribution in [0.2, 0.25) is 0 Å². The summed E-state index contributed by atoms with van der Waals surface area (Å²) in [6, 6.07) is 54.5. The smallest absolute Gasteiger partial charge is 0.235 e. The van der Waals surface area contributed by atoms with Gasteiger partial charge in [-0.2, -0.15) is 0 Å². The molecule has 0 spiro atoms. The average Bonchev–Trinajstić information content (AvgIpc) is 3.94. The quantitative estimate of drug-likeness (QED) is 0.169. The molecule has 5 heteroatoms. The third-order valence-corrected chi connectivity index (χ3v) is 12.6. The monoisotopic (exact) mass is 742 g/mol. The second-order valence-corrected chi connectivity index (χ2v) is 15.7. The van der Waals surface area contributed by atoms with Crippen LogP contribution in [0.25, 0.3) is 115 Å². The largest absolute Gasteiger partial charge is 0.455 e. The lowest BCUT2D eigenvalue weighted by Crippen LogP contribution is -2.09. The van der Waals surface area contributed by atoms with E-state index >= 15 is 0 Å². The molecule has 8 aromatic carbocycles. The molecule has 13 rings (SSSR count). The summed E-state index contributed by atoms with van der Waals surface area (Å²) in [5.41, 5.74) is 10.3. The van der Waals surface area contributed by atoms with Crippen LogP contribution in [0.15, 0.2) is 174 Å². The van der Waals surface area contributed by atoms with Gasteiger partial charge in [0, 0.05) is 43.1 Å². The van der Waals surface area contributed by atoms with Gasteiger partial charge in [-0.15, -0.1) is 0 Å². The van der Waals surface area contributed by atoms with E-state index in [1.54, 1.807) is 0 Å². The number of hydrogen-bond donors (Lipinski definition) is 0. The van der Waals surface area contributed by atoms with Gasteiger partial charge in [-0.25, -0.2) is 9.97 Å². The van der Waals surface area contributed by atoms with Gasteiger partial charge in [0.1, 0.15) is 11.2 Å². The van der Waals surface area contributed by atoms with Crippen molar-refractivity contribution in [1.29, 1.82) is 0 Å². The molecule has 0 radical (unpaired) electrons. The Morgan fingerprint density at radius 2 is 1.22 bits per heavy atom. The fraction of sp³-hybridized carbons (Fsp3) is 0.0566. The molecule has 1 aliphatic rings. The van der Waals surface area contributed by atoms with Crippen molar-refractivity contribution in [1.82, 2.24) is 19.1 Å². The topological polar surface area (TPSA) is 48.8 Å². The fourth-order valence-electron chi connectivity index (χ4n) is 9.90. The minimum absolute atomic E-state index is 0.302. The predicted molar refractivity (Wildman–Crippen MR) is 241 cm³/mol. The Kier molecular flexibility index (Phi) is 6.42. The lowest BCUT2D eigenvalue weighted by molar-refractivity contribution is 0.673. The molecule has 0 aliphatic heterocycles. The lowest BCUT2D eigenvalue weighted by atomic mass is 9.89. The fourth-order valence-corrected chi connectivity index (χ4v) is 9.90. The molecule has 58 heavy (non-hydrogen) atoms. The summed E-state index contributed by atoms with van der Waals surface area (Å²) in [6.07, 6.45) is 7.64. The van der Waals surface area contributed by atoms with Gasteiger partial charge < -0.3 is 8.98 Å². The maximum atomic E-state index is 6.85. The Labute approximate surface area is 332 Å². The van der Waals surface area contributed by atoms with E-state index in [0.717, 1.165) is 94.3 Å². The van der Waals surface area contributed by atoms with E-state index in [4.69, 9.17) is 14.4 Å². The van der Waals surface area contributed by atoms with Crippen LogP contribution in [-0.4, -0.2) is 19.1 Å². The van der Waals surface area contributed by atoms with Crippen molar-refractivity contribution < 1.29 is 4.42 Å². The summed E-state index contributed by atoms with van der Waals surface area (Å²) >= 11 is 0. The van der Waals surface area contributed by atoms with Gasteiger partial charge in [0.15, 0.2) is 0 Å². The Morgan fingerprint density at radius 3 is 2.10 bits per heavy atom. The molecular formula is C53H34N4O. The summed E-state index contributed by atoms with van der Waals surface area (Å²) in [5.74, 6) is 0.940. The number of allylic oxidation sites excluding steroid dienone is 4. The second-order valence-electron chi connectivity index (χ2n) is 15.7. The molecule has 0 saturated carbocycles. The molecule has 0 N–H and O–H groups in total. The van der Waals surface area contributed by atoms with Crippen molar-refractivity contribution in [2.45, 2.75) is 13.3 Å². The number of nitrogens with zero attached hydrogens (tertiary/aromatic N) is 4. The highest BCUT2D eigenvalue weighted by molar-refractivity contribution is 6.29. The van der Waals surface area contributed by atoms with E-state index in [2.05, 4.69) is 180 Å². The van der Waals surface area contributed by atoms with Crippen molar-refractivity contribution in [3.05, 3.63) is 176 Å². The zero-order valence-corrected chi connectivity index (χ0v) is 31.6. The Morgan fingerprint density at radius 1 is 0.534 bits per heavy atom. The summed E-state index contributed by atoms with van der Waals surface area (Å²) in [6.45, 7) is 2.30. The Balaban J connectivity index is 1.28. The minimum Gasteiger partial charge on any atom is -0.455 e. The summed E-state index contributed by atoms with van der Waals surface area (Å²) in [5, 5.41) is 12.4. The van der Waals surface area contributed by atoms with Crippen LogP contribution in [-0.2, 0) is 0 Å². The molecule has 1 atom stereocenters. The highest BCUT2D eigenvalue weighted by Crippen LogP contribution is 2.46. The van der Waals surface area contributed by atoms with E-state index in [9.17, 15) is 0 Å². The minimum atomic E-state index is 0.302. The van der Waals surface area contributed by atoms with Gasteiger partial charge in [-0.05, 0) is 65.1 Å². The highest BCUT2D eigenvalue weighted by Gasteiger charge is 2.27. The molecule has 272 valence electrons. The van der Waals surface area contributed by atoms with Crippen molar-refractivity contribution in [3.63, 3.8) is 0 Å². The van der Waals surface area contributed by atoms with Gasteiger partial charge in [-0.3, -0.25) is 4.57 Å². The van der Waals surface area contributed by atoms with Crippen LogP contribution in [0.5, 0.6) is 0 Å². The van der Waals surface area contributed by atoms with Gasteiger partial charge in [-0.1, -0.05) is 140 Å². The van der Waals surface area contributed by atoms with E-state index in [-0.39, 0.29) is 0 Å². The summed E-state index contributed by atoms with van der Waals surface area (Å²) in [7, 11) is 0. The van der Waals surface area contributed by atoms with Crippen molar-refractivity contribution in [2.75, 3.05) is 0 Å². The first-order valence-corrected chi connectivity index (χ1v) is 20.1. The van der Waals surface area contributed by atoms with Gasteiger partial charge in [0.05, 0.1) is 44.4 Å². The molecule has 4 heterocycles. The second kappa shape index (κ2) is 11.8. The molecule has 5 nitrogen and oxygen atoms in total. The maximum Gasteiger partial charge on any atom is 0.235 e. The lowest BCUT2D eigenvalue weighted by Gasteiger charge is -2.20. The zero-order valence-electron chi connectivity index (χ0n) is 31.6. The Hall–Kier alpha value is -7.50. The number of rotatable bonds is 3. The normalized spacial score (nSPS) is 14.8. The van der Waals surface area contributed by atoms with Crippen LogP contribution in [0.3, 0.4) is 0 Å². The van der Waals surface area contributed by atoms with E-state index in [1.807, 2.05) is 6.07 Å². The van der Waals surface area contributed by atoms with Gasteiger partial charge >= 0.3 is 0 Å². The van der Waals surface area contributed by atoms with E-state index < -0.39 is 0 Å². The summed E-state index contributed by atoms with van der Waals surface area (Å²) in [4.78, 5) is 11.3. The SMILES string of the molecule is CC1CC=CC=C1c1nc(-n2c3ccc4c5ccccc5oc4c3c3ccc4c5ccccc5n(-c5cccc6ccccc56)c4c32)nc2c1ccc1ccccc12. The first-order valence-electron chi connectivity index (χ1n) is 20.1. The molecule has 0 amide bonds. The number of fused-ring (bicyclic) bond motifs is 15. The molecule has 12 aromatic rings. The molecule has 0 fully saturated rings. The van der Waals surface area contributed by atoms with Crippen molar-refractivity contribution in [3.8, 4) is 11.6 Å². The zero-order chi connectivity index (χ0) is 38.1. The van der Waals surface area contributed by atoms with Crippen molar-refractivity contribution >= 4 is 104 Å². The number of para-hydroxylation sites is 2. The summed E-state index contributed by atoms with van der Waals surface area (Å²) < 4.78 is 11.6. The molecular weight excluding hydrogens is 709 g/mol. The number of benzene rings is 8. The third-order valence-electron chi connectivity index (χ3n) is 12.6.